The fourth-order valence-corrected chi connectivity index (χ4v) is 2.88. The molecule has 1 aromatic carbocycles. The number of halogens is 1. The molecule has 2 rings (SSSR count). The van der Waals surface area contributed by atoms with Gasteiger partial charge in [-0.15, -0.1) is 0 Å². The number of carboxylic acids is 1. The number of aliphatic carboxylic acids is 1. The highest BCUT2D eigenvalue weighted by atomic mass is 19.1. The molecule has 2 aromatic rings. The maximum Gasteiger partial charge on any atom is 0.322 e. The molecule has 0 aliphatic rings. The maximum atomic E-state index is 14.0. The number of aromatic nitrogens is 1. The van der Waals surface area contributed by atoms with Gasteiger partial charge in [0.15, 0.2) is 0 Å². The van der Waals surface area contributed by atoms with Crippen LogP contribution in [-0.2, 0) is 11.2 Å². The molecule has 1 heterocycles. The van der Waals surface area contributed by atoms with Crippen LogP contribution in [0.15, 0.2) is 16.9 Å². The molecule has 0 aliphatic heterocycles. The number of carbonyl (C=O) groups is 2. The Morgan fingerprint density at radius 3 is 2.52 bits per heavy atom. The van der Waals surface area contributed by atoms with E-state index < -0.39 is 41.1 Å². The first-order valence-electron chi connectivity index (χ1n) is 8.57. The summed E-state index contributed by atoms with van der Waals surface area (Å²) < 4.78 is 14.0. The van der Waals surface area contributed by atoms with Crippen LogP contribution in [0, 0.1) is 11.2 Å². The predicted molar refractivity (Wildman–Crippen MR) is 98.6 cm³/mol. The van der Waals surface area contributed by atoms with Crippen LogP contribution >= 0.6 is 0 Å². The standard InChI is InChI=1S/C19H23FN2O5/c1-19(2,3)6-4-5-10-7-11(20)8-12-15(10)22-18(27)14(16(12)25)17(26)21-9-13(23)24/h7-8H,4-6,9H2,1-3H3,(H,21,26)(H,23,24)(H2,22,25,27). The topological polar surface area (TPSA) is 119 Å². The summed E-state index contributed by atoms with van der Waals surface area (Å²) in [4.78, 5) is 37.4. The van der Waals surface area contributed by atoms with E-state index in [1.807, 2.05) is 5.32 Å². The van der Waals surface area contributed by atoms with Crippen molar-refractivity contribution in [2.75, 3.05) is 6.54 Å². The molecular weight excluding hydrogens is 355 g/mol. The second-order valence-corrected chi connectivity index (χ2v) is 7.66. The van der Waals surface area contributed by atoms with Crippen LogP contribution in [0.4, 0.5) is 4.39 Å². The minimum absolute atomic E-state index is 0.000772. The molecule has 0 spiro atoms. The van der Waals surface area contributed by atoms with Crippen LogP contribution < -0.4 is 10.9 Å². The molecule has 0 saturated heterocycles. The lowest BCUT2D eigenvalue weighted by Gasteiger charge is -2.18. The zero-order chi connectivity index (χ0) is 20.4. The highest BCUT2D eigenvalue weighted by molar-refractivity contribution is 6.03. The summed E-state index contributed by atoms with van der Waals surface area (Å²) in [6.45, 7) is 5.56. The lowest BCUT2D eigenvalue weighted by molar-refractivity contribution is -0.135. The van der Waals surface area contributed by atoms with Crippen LogP contribution in [0.1, 0.15) is 49.5 Å². The fourth-order valence-electron chi connectivity index (χ4n) is 2.88. The highest BCUT2D eigenvalue weighted by Crippen LogP contribution is 2.30. The number of fused-ring (bicyclic) bond motifs is 1. The lowest BCUT2D eigenvalue weighted by Crippen LogP contribution is -2.33. The molecule has 0 radical (unpaired) electrons. The highest BCUT2D eigenvalue weighted by Gasteiger charge is 2.21. The molecule has 4 N–H and O–H groups in total. The van der Waals surface area contributed by atoms with Crippen molar-refractivity contribution in [3.8, 4) is 5.75 Å². The normalized spacial score (nSPS) is 11.6. The molecule has 1 amide bonds. The summed E-state index contributed by atoms with van der Waals surface area (Å²) >= 11 is 0. The first kappa shape index (κ1) is 20.4. The van der Waals surface area contributed by atoms with Gasteiger partial charge in [-0.3, -0.25) is 14.4 Å². The Morgan fingerprint density at radius 1 is 1.26 bits per heavy atom. The Labute approximate surface area is 155 Å². The number of aromatic amines is 1. The zero-order valence-electron chi connectivity index (χ0n) is 15.5. The van der Waals surface area contributed by atoms with E-state index in [0.717, 1.165) is 18.9 Å². The van der Waals surface area contributed by atoms with Crippen LogP contribution in [0.25, 0.3) is 10.9 Å². The molecule has 0 unspecified atom stereocenters. The zero-order valence-corrected chi connectivity index (χ0v) is 15.5. The maximum absolute atomic E-state index is 14.0. The number of nitrogens with one attached hydrogen (secondary N) is 2. The number of rotatable bonds is 6. The van der Waals surface area contributed by atoms with Gasteiger partial charge in [-0.05, 0) is 42.4 Å². The number of hydrogen-bond acceptors (Lipinski definition) is 4. The van der Waals surface area contributed by atoms with Crippen LogP contribution in [0.2, 0.25) is 0 Å². The van der Waals surface area contributed by atoms with Crippen LogP contribution in [0.3, 0.4) is 0 Å². The van der Waals surface area contributed by atoms with Crippen molar-refractivity contribution in [3.05, 3.63) is 39.4 Å². The number of aryl methyl sites for hydroxylation is 1. The quantitative estimate of drug-likeness (QED) is 0.616. The van der Waals surface area contributed by atoms with E-state index in [1.165, 1.54) is 6.07 Å². The van der Waals surface area contributed by atoms with Gasteiger partial charge in [0.2, 0.25) is 0 Å². The van der Waals surface area contributed by atoms with Gasteiger partial charge in [0, 0.05) is 5.39 Å². The van der Waals surface area contributed by atoms with Crippen molar-refractivity contribution >= 4 is 22.8 Å². The van der Waals surface area contributed by atoms with Crippen molar-refractivity contribution in [1.82, 2.24) is 10.3 Å². The third kappa shape index (κ3) is 5.06. The molecule has 0 saturated carbocycles. The van der Waals surface area contributed by atoms with E-state index in [4.69, 9.17) is 5.11 Å². The Hall–Kier alpha value is -2.90. The van der Waals surface area contributed by atoms with Gasteiger partial charge in [0.25, 0.3) is 11.5 Å². The van der Waals surface area contributed by atoms with Gasteiger partial charge >= 0.3 is 5.97 Å². The Bertz CT molecular complexity index is 944. The fraction of sp³-hybridized carbons (Fsp3) is 0.421. The number of carboxylic acid groups (broad SMARTS) is 1. The van der Waals surface area contributed by atoms with Gasteiger partial charge in [-0.25, -0.2) is 4.39 Å². The van der Waals surface area contributed by atoms with Gasteiger partial charge in [-0.2, -0.15) is 0 Å². The van der Waals surface area contributed by atoms with Crippen molar-refractivity contribution in [3.63, 3.8) is 0 Å². The predicted octanol–water partition coefficient (Wildman–Crippen LogP) is 2.56. The smallest absolute Gasteiger partial charge is 0.322 e. The van der Waals surface area contributed by atoms with E-state index in [-0.39, 0.29) is 16.3 Å². The summed E-state index contributed by atoms with van der Waals surface area (Å²) in [5.41, 5.74) is -0.614. The minimum Gasteiger partial charge on any atom is -0.506 e. The molecule has 7 nitrogen and oxygen atoms in total. The van der Waals surface area contributed by atoms with Crippen molar-refractivity contribution < 1.29 is 24.2 Å². The third-order valence-electron chi connectivity index (χ3n) is 4.14. The van der Waals surface area contributed by atoms with Gasteiger partial charge in [0.1, 0.15) is 23.7 Å². The summed E-state index contributed by atoms with van der Waals surface area (Å²) in [5.74, 6) is -3.62. The summed E-state index contributed by atoms with van der Waals surface area (Å²) in [6.07, 6.45) is 2.13. The van der Waals surface area contributed by atoms with E-state index in [2.05, 4.69) is 25.8 Å². The van der Waals surface area contributed by atoms with E-state index in [1.54, 1.807) is 0 Å². The number of carbonyl (C=O) groups excluding carboxylic acids is 1. The van der Waals surface area contributed by atoms with Gasteiger partial charge in [-0.1, -0.05) is 20.8 Å². The molecule has 8 heteroatoms. The van der Waals surface area contributed by atoms with E-state index in [9.17, 15) is 23.9 Å². The van der Waals surface area contributed by atoms with Gasteiger partial charge in [0.05, 0.1) is 5.52 Å². The van der Waals surface area contributed by atoms with Gasteiger partial charge < -0.3 is 20.5 Å². The van der Waals surface area contributed by atoms with Crippen LogP contribution in [0.5, 0.6) is 5.75 Å². The van der Waals surface area contributed by atoms with E-state index in [0.29, 0.717) is 12.0 Å². The van der Waals surface area contributed by atoms with Crippen molar-refractivity contribution in [1.29, 1.82) is 0 Å². The molecule has 0 aliphatic carbocycles. The second-order valence-electron chi connectivity index (χ2n) is 7.66. The second kappa shape index (κ2) is 7.77. The first-order chi connectivity index (χ1) is 12.5. The molecule has 0 bridgehead atoms. The number of hydrogen-bond donors (Lipinski definition) is 4. The Balaban J connectivity index is 2.47. The Morgan fingerprint density at radius 2 is 1.93 bits per heavy atom. The summed E-state index contributed by atoms with van der Waals surface area (Å²) in [6, 6.07) is 2.33. The average molecular weight is 378 g/mol. The van der Waals surface area contributed by atoms with E-state index >= 15 is 0 Å². The molecule has 0 atom stereocenters. The Kier molecular flexibility index (Phi) is 5.88. The molecule has 0 fully saturated rings. The largest absolute Gasteiger partial charge is 0.506 e. The molecule has 146 valence electrons. The van der Waals surface area contributed by atoms with Crippen molar-refractivity contribution in [2.24, 2.45) is 5.41 Å². The first-order valence-corrected chi connectivity index (χ1v) is 8.57. The molecular formula is C19H23FN2O5. The number of aromatic hydroxyl groups is 1. The number of amides is 1. The third-order valence-corrected chi connectivity index (χ3v) is 4.14. The molecule has 27 heavy (non-hydrogen) atoms. The SMILES string of the molecule is CC(C)(C)CCCc1cc(F)cc2c(O)c(C(=O)NCC(=O)O)c(=O)[nH]c12. The number of pyridine rings is 1. The number of H-pyrrole nitrogens is 1. The monoisotopic (exact) mass is 378 g/mol. The van der Waals surface area contributed by atoms with Crippen molar-refractivity contribution in [2.45, 2.75) is 40.0 Å². The van der Waals surface area contributed by atoms with Crippen LogP contribution in [-0.4, -0.2) is 33.6 Å². The average Bonchev–Trinajstić information content (AvgIpc) is 2.53. The molecule has 1 aromatic heterocycles. The summed E-state index contributed by atoms with van der Waals surface area (Å²) in [7, 11) is 0. The minimum atomic E-state index is -1.30. The lowest BCUT2D eigenvalue weighted by atomic mass is 9.88. The summed E-state index contributed by atoms with van der Waals surface area (Å²) in [5, 5.41) is 21.0. The number of benzene rings is 1.